The zero-order valence-electron chi connectivity index (χ0n) is 16.0. The van der Waals surface area contributed by atoms with E-state index in [1.165, 1.54) is 6.08 Å². The van der Waals surface area contributed by atoms with Crippen molar-refractivity contribution in [3.05, 3.63) is 92.4 Å². The zero-order chi connectivity index (χ0) is 21.5. The van der Waals surface area contributed by atoms with Gasteiger partial charge in [0, 0.05) is 31.8 Å². The molecule has 1 N–H and O–H groups in total. The van der Waals surface area contributed by atoms with Crippen molar-refractivity contribution in [2.75, 3.05) is 12.4 Å². The maximum Gasteiger partial charge on any atom is 0.248 e. The second-order valence-electron chi connectivity index (χ2n) is 6.23. The molecule has 0 unspecified atom stereocenters. The number of carbonyl (C=O) groups is 1. The van der Waals surface area contributed by atoms with Gasteiger partial charge in [-0.25, -0.2) is 0 Å². The van der Waals surface area contributed by atoms with Gasteiger partial charge in [0.25, 0.3) is 0 Å². The number of benzene rings is 3. The molecule has 1 amide bonds. The standard InChI is InChI=1S/C23H18BrCl2NO3/c1-29-22-12-15(9-11-23(28)27-17-5-2-4-16(24)13-17)8-10-21(22)30-14-18-19(25)6-3-7-20(18)26/h2-13H,14H2,1H3,(H,27,28). The minimum atomic E-state index is -0.235. The van der Waals surface area contributed by atoms with Gasteiger partial charge in [-0.3, -0.25) is 4.79 Å². The van der Waals surface area contributed by atoms with E-state index in [4.69, 9.17) is 32.7 Å². The van der Waals surface area contributed by atoms with E-state index in [1.807, 2.05) is 30.3 Å². The lowest BCUT2D eigenvalue weighted by atomic mass is 10.2. The summed E-state index contributed by atoms with van der Waals surface area (Å²) < 4.78 is 12.2. The van der Waals surface area contributed by atoms with Crippen molar-refractivity contribution < 1.29 is 14.3 Å². The Morgan fingerprint density at radius 2 is 1.77 bits per heavy atom. The van der Waals surface area contributed by atoms with Gasteiger partial charge in [-0.05, 0) is 54.1 Å². The van der Waals surface area contributed by atoms with Crippen LogP contribution >= 0.6 is 39.1 Å². The molecule has 0 fully saturated rings. The predicted molar refractivity (Wildman–Crippen MR) is 126 cm³/mol. The van der Waals surface area contributed by atoms with Gasteiger partial charge >= 0.3 is 0 Å². The zero-order valence-corrected chi connectivity index (χ0v) is 19.1. The number of amides is 1. The van der Waals surface area contributed by atoms with Crippen molar-refractivity contribution in [1.82, 2.24) is 0 Å². The summed E-state index contributed by atoms with van der Waals surface area (Å²) in [7, 11) is 1.55. The maximum atomic E-state index is 12.1. The van der Waals surface area contributed by atoms with Crippen LogP contribution in [-0.4, -0.2) is 13.0 Å². The highest BCUT2D eigenvalue weighted by atomic mass is 79.9. The van der Waals surface area contributed by atoms with E-state index >= 15 is 0 Å². The Morgan fingerprint density at radius 3 is 2.47 bits per heavy atom. The Bertz CT molecular complexity index is 1070. The first-order valence-electron chi connectivity index (χ1n) is 8.94. The quantitative estimate of drug-likeness (QED) is 0.351. The van der Waals surface area contributed by atoms with Crippen molar-refractivity contribution in [2.45, 2.75) is 6.61 Å². The summed E-state index contributed by atoms with van der Waals surface area (Å²) in [6.07, 6.45) is 3.16. The summed E-state index contributed by atoms with van der Waals surface area (Å²) >= 11 is 15.7. The van der Waals surface area contributed by atoms with E-state index in [0.717, 1.165) is 10.0 Å². The minimum Gasteiger partial charge on any atom is -0.493 e. The third-order valence-electron chi connectivity index (χ3n) is 4.14. The number of nitrogens with one attached hydrogen (secondary N) is 1. The van der Waals surface area contributed by atoms with Crippen LogP contribution in [0, 0.1) is 0 Å². The van der Waals surface area contributed by atoms with E-state index in [0.29, 0.717) is 32.8 Å². The SMILES string of the molecule is COc1cc(C=CC(=O)Nc2cccc(Br)c2)ccc1OCc1c(Cl)cccc1Cl. The lowest BCUT2D eigenvalue weighted by molar-refractivity contribution is -0.111. The molecule has 4 nitrogen and oxygen atoms in total. The highest BCUT2D eigenvalue weighted by Gasteiger charge is 2.10. The summed E-state index contributed by atoms with van der Waals surface area (Å²) in [5.74, 6) is 0.845. The van der Waals surface area contributed by atoms with Gasteiger partial charge in [-0.2, -0.15) is 0 Å². The minimum absolute atomic E-state index is 0.207. The molecule has 0 saturated heterocycles. The van der Waals surface area contributed by atoms with Gasteiger partial charge in [0.1, 0.15) is 6.61 Å². The highest BCUT2D eigenvalue weighted by Crippen LogP contribution is 2.31. The molecule has 3 aromatic carbocycles. The molecule has 0 saturated carbocycles. The number of ether oxygens (including phenoxy) is 2. The summed E-state index contributed by atoms with van der Waals surface area (Å²) in [4.78, 5) is 12.1. The van der Waals surface area contributed by atoms with Gasteiger partial charge in [0.05, 0.1) is 7.11 Å². The Kier molecular flexibility index (Phi) is 7.80. The van der Waals surface area contributed by atoms with E-state index in [2.05, 4.69) is 21.2 Å². The normalized spacial score (nSPS) is 10.8. The van der Waals surface area contributed by atoms with Crippen LogP contribution in [0.25, 0.3) is 6.08 Å². The van der Waals surface area contributed by atoms with Crippen LogP contribution in [0.1, 0.15) is 11.1 Å². The molecule has 3 aromatic rings. The fraction of sp³-hybridized carbons (Fsp3) is 0.0870. The molecule has 7 heteroatoms. The predicted octanol–water partition coefficient (Wildman–Crippen LogP) is 7.00. The third-order valence-corrected chi connectivity index (χ3v) is 5.34. The Balaban J connectivity index is 1.67. The first kappa shape index (κ1) is 22.2. The Hall–Kier alpha value is -2.47. The number of rotatable bonds is 7. The number of hydrogen-bond donors (Lipinski definition) is 1. The van der Waals surface area contributed by atoms with Gasteiger partial charge in [-0.1, -0.05) is 57.3 Å². The van der Waals surface area contributed by atoms with E-state index in [1.54, 1.807) is 43.5 Å². The molecule has 0 aliphatic rings. The molecule has 0 aliphatic carbocycles. The summed E-state index contributed by atoms with van der Waals surface area (Å²) in [5, 5.41) is 3.88. The second kappa shape index (κ2) is 10.5. The van der Waals surface area contributed by atoms with Gasteiger partial charge < -0.3 is 14.8 Å². The summed E-state index contributed by atoms with van der Waals surface area (Å²) in [5.41, 5.74) is 2.20. The largest absolute Gasteiger partial charge is 0.493 e. The molecular formula is C23H18BrCl2NO3. The lowest BCUT2D eigenvalue weighted by Gasteiger charge is -2.13. The van der Waals surface area contributed by atoms with Crippen LogP contribution in [0.15, 0.2) is 71.2 Å². The molecule has 30 heavy (non-hydrogen) atoms. The number of carbonyl (C=O) groups excluding carboxylic acids is 1. The summed E-state index contributed by atoms with van der Waals surface area (Å²) in [6, 6.07) is 18.1. The van der Waals surface area contributed by atoms with Gasteiger partial charge in [0.15, 0.2) is 11.5 Å². The molecule has 3 rings (SSSR count). The molecule has 0 radical (unpaired) electrons. The molecule has 0 heterocycles. The number of halogens is 3. The highest BCUT2D eigenvalue weighted by molar-refractivity contribution is 9.10. The Morgan fingerprint density at radius 1 is 1.03 bits per heavy atom. The fourth-order valence-electron chi connectivity index (χ4n) is 2.65. The lowest BCUT2D eigenvalue weighted by Crippen LogP contribution is -2.07. The van der Waals surface area contributed by atoms with Crippen molar-refractivity contribution in [2.24, 2.45) is 0 Å². The maximum absolute atomic E-state index is 12.1. The van der Waals surface area contributed by atoms with Crippen molar-refractivity contribution in [1.29, 1.82) is 0 Å². The fourth-order valence-corrected chi connectivity index (χ4v) is 3.56. The van der Waals surface area contributed by atoms with Crippen LogP contribution in [0.4, 0.5) is 5.69 Å². The first-order chi connectivity index (χ1) is 14.5. The molecular weight excluding hydrogens is 489 g/mol. The van der Waals surface area contributed by atoms with Gasteiger partial charge in [-0.15, -0.1) is 0 Å². The van der Waals surface area contributed by atoms with Crippen LogP contribution in [-0.2, 0) is 11.4 Å². The molecule has 0 spiro atoms. The number of anilines is 1. The third kappa shape index (κ3) is 6.02. The average molecular weight is 507 g/mol. The van der Waals surface area contributed by atoms with Crippen LogP contribution in [0.2, 0.25) is 10.0 Å². The van der Waals surface area contributed by atoms with Crippen LogP contribution in [0.3, 0.4) is 0 Å². The Labute approximate surface area is 193 Å². The summed E-state index contributed by atoms with van der Waals surface area (Å²) in [6.45, 7) is 0.207. The first-order valence-corrected chi connectivity index (χ1v) is 10.5. The number of methoxy groups -OCH3 is 1. The molecule has 0 aromatic heterocycles. The van der Waals surface area contributed by atoms with Crippen LogP contribution < -0.4 is 14.8 Å². The van der Waals surface area contributed by atoms with Crippen molar-refractivity contribution in [3.8, 4) is 11.5 Å². The topological polar surface area (TPSA) is 47.6 Å². The van der Waals surface area contributed by atoms with E-state index < -0.39 is 0 Å². The monoisotopic (exact) mass is 505 g/mol. The van der Waals surface area contributed by atoms with Crippen LogP contribution in [0.5, 0.6) is 11.5 Å². The molecule has 154 valence electrons. The molecule has 0 bridgehead atoms. The smallest absolute Gasteiger partial charge is 0.248 e. The van der Waals surface area contributed by atoms with E-state index in [9.17, 15) is 4.79 Å². The van der Waals surface area contributed by atoms with Gasteiger partial charge in [0.2, 0.25) is 5.91 Å². The second-order valence-corrected chi connectivity index (χ2v) is 7.96. The average Bonchev–Trinajstić information content (AvgIpc) is 2.72. The molecule has 0 aliphatic heterocycles. The number of hydrogen-bond acceptors (Lipinski definition) is 3. The molecule has 0 atom stereocenters. The van der Waals surface area contributed by atoms with Crippen molar-refractivity contribution >= 4 is 56.8 Å². The van der Waals surface area contributed by atoms with Crippen molar-refractivity contribution in [3.63, 3.8) is 0 Å². The van der Waals surface area contributed by atoms with E-state index in [-0.39, 0.29) is 12.5 Å².